The number of anilines is 3. The SMILES string of the molecule is O=C(NC1CCNCC1)C1CCC(n2c(Nc3ccc(F)cc3F)nc3cnc(NC4CCC(OI)CC4)nc32)CC1. The zero-order chi connectivity index (χ0) is 29.1. The molecule has 3 aliphatic rings. The second-order valence-electron chi connectivity index (χ2n) is 11.7. The highest BCUT2D eigenvalue weighted by Crippen LogP contribution is 2.38. The summed E-state index contributed by atoms with van der Waals surface area (Å²) in [6.07, 6.45) is 10.8. The fraction of sp³-hybridized carbons (Fsp3) is 0.586. The summed E-state index contributed by atoms with van der Waals surface area (Å²) >= 11 is 1.97. The molecule has 0 unspecified atom stereocenters. The van der Waals surface area contributed by atoms with Crippen LogP contribution in [0.2, 0.25) is 0 Å². The number of nitrogens with one attached hydrogen (secondary N) is 4. The third-order valence-corrected chi connectivity index (χ3v) is 9.58. The van der Waals surface area contributed by atoms with Crippen LogP contribution >= 0.6 is 23.0 Å². The lowest BCUT2D eigenvalue weighted by molar-refractivity contribution is -0.127. The number of fused-ring (bicyclic) bond motifs is 1. The van der Waals surface area contributed by atoms with Gasteiger partial charge in [0.15, 0.2) is 5.65 Å². The summed E-state index contributed by atoms with van der Waals surface area (Å²) in [6.45, 7) is 1.87. The van der Waals surface area contributed by atoms with Crippen LogP contribution in [0.15, 0.2) is 24.4 Å². The molecule has 3 fully saturated rings. The Morgan fingerprint density at radius 3 is 2.45 bits per heavy atom. The van der Waals surface area contributed by atoms with Gasteiger partial charge >= 0.3 is 0 Å². The minimum absolute atomic E-state index is 0.00271. The molecule has 42 heavy (non-hydrogen) atoms. The van der Waals surface area contributed by atoms with Gasteiger partial charge in [0, 0.05) is 30.1 Å². The number of hydrogen-bond acceptors (Lipinski definition) is 8. The standard InChI is InChI=1S/C29H37F2IN8O2/c30-18-3-10-24(23(31)15-18)37-29-38-25-16-34-28(36-19-4-8-22(42-32)9-5-19)39-26(25)40(29)21-6-1-17(2-7-21)27(41)35-20-11-13-33-14-12-20/h3,10,15-17,19-22,33H,1-2,4-9,11-14H2,(H,35,41)(H,37,38)(H,34,36,39). The van der Waals surface area contributed by atoms with Crippen molar-refractivity contribution in [2.45, 2.75) is 88.4 Å². The van der Waals surface area contributed by atoms with Gasteiger partial charge in [-0.05, 0) is 89.4 Å². The summed E-state index contributed by atoms with van der Waals surface area (Å²) < 4.78 is 35.7. The summed E-state index contributed by atoms with van der Waals surface area (Å²) in [5.74, 6) is -0.300. The van der Waals surface area contributed by atoms with Gasteiger partial charge in [-0.2, -0.15) is 4.98 Å². The number of aromatic nitrogens is 4. The maximum atomic E-state index is 14.6. The summed E-state index contributed by atoms with van der Waals surface area (Å²) in [5.41, 5.74) is 1.35. The molecule has 6 rings (SSSR count). The molecule has 1 saturated heterocycles. The number of carbonyl (C=O) groups is 1. The fourth-order valence-electron chi connectivity index (χ4n) is 6.47. The molecule has 10 nitrogen and oxygen atoms in total. The van der Waals surface area contributed by atoms with E-state index in [0.717, 1.165) is 83.4 Å². The Morgan fingerprint density at radius 2 is 1.74 bits per heavy atom. The van der Waals surface area contributed by atoms with Gasteiger partial charge in [0.25, 0.3) is 0 Å². The smallest absolute Gasteiger partial charge is 0.224 e. The van der Waals surface area contributed by atoms with Gasteiger partial charge in [0.2, 0.25) is 17.8 Å². The highest BCUT2D eigenvalue weighted by molar-refractivity contribution is 14.1. The second kappa shape index (κ2) is 13.3. The van der Waals surface area contributed by atoms with E-state index in [0.29, 0.717) is 23.1 Å². The number of nitrogens with zero attached hydrogens (tertiary/aromatic N) is 4. The summed E-state index contributed by atoms with van der Waals surface area (Å²) in [6, 6.07) is 3.92. The van der Waals surface area contributed by atoms with Crippen molar-refractivity contribution in [3.8, 4) is 0 Å². The first-order chi connectivity index (χ1) is 20.5. The molecule has 0 bridgehead atoms. The Hall–Kier alpha value is -2.65. The van der Waals surface area contributed by atoms with Crippen LogP contribution in [0.3, 0.4) is 0 Å². The van der Waals surface area contributed by atoms with Crippen LogP contribution in [0, 0.1) is 17.6 Å². The van der Waals surface area contributed by atoms with Crippen LogP contribution in [0.1, 0.15) is 70.3 Å². The van der Waals surface area contributed by atoms with Gasteiger partial charge in [-0.3, -0.25) is 9.36 Å². The van der Waals surface area contributed by atoms with E-state index in [9.17, 15) is 13.6 Å². The van der Waals surface area contributed by atoms with Gasteiger partial charge < -0.3 is 24.3 Å². The molecule has 226 valence electrons. The van der Waals surface area contributed by atoms with E-state index in [2.05, 4.69) is 26.3 Å². The van der Waals surface area contributed by atoms with Crippen LogP contribution < -0.4 is 21.3 Å². The number of halogens is 3. The lowest BCUT2D eigenvalue weighted by atomic mass is 9.85. The predicted octanol–water partition coefficient (Wildman–Crippen LogP) is 5.54. The number of rotatable bonds is 8. The molecule has 3 heterocycles. The van der Waals surface area contributed by atoms with E-state index in [4.69, 9.17) is 13.0 Å². The van der Waals surface area contributed by atoms with Crippen LogP contribution in [-0.2, 0) is 7.86 Å². The van der Waals surface area contributed by atoms with Crippen molar-refractivity contribution in [2.24, 2.45) is 5.92 Å². The number of hydrogen-bond donors (Lipinski definition) is 4. The molecule has 2 aliphatic carbocycles. The Balaban J connectivity index is 1.23. The third kappa shape index (κ3) is 6.77. The Morgan fingerprint density at radius 1 is 0.976 bits per heavy atom. The molecule has 13 heteroatoms. The van der Waals surface area contributed by atoms with Crippen LogP contribution in [0.5, 0.6) is 0 Å². The zero-order valence-electron chi connectivity index (χ0n) is 23.4. The first-order valence-electron chi connectivity index (χ1n) is 15.0. The molecular weight excluding hydrogens is 657 g/mol. The Labute approximate surface area is 257 Å². The zero-order valence-corrected chi connectivity index (χ0v) is 25.6. The predicted molar refractivity (Wildman–Crippen MR) is 165 cm³/mol. The van der Waals surface area contributed by atoms with Crippen molar-refractivity contribution < 1.29 is 16.6 Å². The Kier molecular flexibility index (Phi) is 9.34. The summed E-state index contributed by atoms with van der Waals surface area (Å²) in [4.78, 5) is 27.2. The molecule has 2 aromatic heterocycles. The van der Waals surface area contributed by atoms with E-state index >= 15 is 0 Å². The van der Waals surface area contributed by atoms with E-state index in [1.165, 1.54) is 12.1 Å². The first kappa shape index (κ1) is 29.4. The minimum Gasteiger partial charge on any atom is -0.353 e. The van der Waals surface area contributed by atoms with Crippen molar-refractivity contribution in [1.29, 1.82) is 0 Å². The van der Waals surface area contributed by atoms with Gasteiger partial charge in [-0.25, -0.2) is 18.7 Å². The second-order valence-corrected chi connectivity index (χ2v) is 12.2. The summed E-state index contributed by atoms with van der Waals surface area (Å²) in [5, 5.41) is 13.1. The topological polar surface area (TPSA) is 118 Å². The van der Waals surface area contributed by atoms with Crippen molar-refractivity contribution in [2.75, 3.05) is 23.7 Å². The summed E-state index contributed by atoms with van der Waals surface area (Å²) in [7, 11) is 0. The first-order valence-corrected chi connectivity index (χ1v) is 15.9. The lowest BCUT2D eigenvalue weighted by Crippen LogP contribution is -2.45. The highest BCUT2D eigenvalue weighted by atomic mass is 127. The van der Waals surface area contributed by atoms with Gasteiger partial charge in [0.1, 0.15) is 40.2 Å². The fourth-order valence-corrected chi connectivity index (χ4v) is 6.97. The molecule has 3 aromatic rings. The van der Waals surface area contributed by atoms with E-state index < -0.39 is 11.6 Å². The molecule has 2 saturated carbocycles. The highest BCUT2D eigenvalue weighted by Gasteiger charge is 2.31. The molecule has 1 amide bonds. The van der Waals surface area contributed by atoms with Gasteiger partial charge in [-0.15, -0.1) is 0 Å². The van der Waals surface area contributed by atoms with Crippen molar-refractivity contribution in [3.05, 3.63) is 36.0 Å². The van der Waals surface area contributed by atoms with Crippen molar-refractivity contribution in [1.82, 2.24) is 30.2 Å². The maximum absolute atomic E-state index is 14.6. The lowest BCUT2D eigenvalue weighted by Gasteiger charge is -2.31. The van der Waals surface area contributed by atoms with E-state index in [-0.39, 0.29) is 41.7 Å². The molecule has 0 radical (unpaired) electrons. The van der Waals surface area contributed by atoms with E-state index in [1.807, 2.05) is 27.6 Å². The number of imidazole rings is 1. The van der Waals surface area contributed by atoms with Crippen LogP contribution in [0.25, 0.3) is 11.2 Å². The van der Waals surface area contributed by atoms with Crippen molar-refractivity contribution >= 4 is 57.7 Å². The molecule has 0 spiro atoms. The van der Waals surface area contributed by atoms with Gasteiger partial charge in [-0.1, -0.05) is 0 Å². The molecule has 1 aromatic carbocycles. The van der Waals surface area contributed by atoms with E-state index in [1.54, 1.807) is 6.20 Å². The average Bonchev–Trinajstić information content (AvgIpc) is 3.36. The largest absolute Gasteiger partial charge is 0.353 e. The Bertz CT molecular complexity index is 1390. The average molecular weight is 695 g/mol. The quantitative estimate of drug-likeness (QED) is 0.228. The third-order valence-electron chi connectivity index (χ3n) is 8.86. The number of piperidine rings is 1. The minimum atomic E-state index is -0.702. The monoisotopic (exact) mass is 694 g/mol. The molecular formula is C29H37F2IN8O2. The van der Waals surface area contributed by atoms with Crippen molar-refractivity contribution in [3.63, 3.8) is 0 Å². The number of amides is 1. The molecule has 4 N–H and O–H groups in total. The maximum Gasteiger partial charge on any atom is 0.224 e. The number of benzene rings is 1. The van der Waals surface area contributed by atoms with Crippen LogP contribution in [0.4, 0.5) is 26.4 Å². The van der Waals surface area contributed by atoms with Gasteiger partial charge in [0.05, 0.1) is 18.0 Å². The number of carbonyl (C=O) groups excluding carboxylic acids is 1. The molecule has 1 aliphatic heterocycles. The molecule has 0 atom stereocenters. The van der Waals surface area contributed by atoms with Crippen LogP contribution in [-0.4, -0.2) is 56.7 Å². The normalized spacial score (nSPS) is 25.3.